The van der Waals surface area contributed by atoms with Crippen molar-refractivity contribution in [2.45, 2.75) is 45.6 Å². The van der Waals surface area contributed by atoms with E-state index in [1.165, 1.54) is 26.4 Å². The quantitative estimate of drug-likeness (QED) is 0.515. The number of fused-ring (bicyclic) bond motifs is 4. The van der Waals surface area contributed by atoms with Crippen LogP contribution in [0.1, 0.15) is 56.0 Å². The van der Waals surface area contributed by atoms with Gasteiger partial charge in [0.15, 0.2) is 0 Å². The van der Waals surface area contributed by atoms with Crippen LogP contribution in [0.25, 0.3) is 45.8 Å². The minimum Gasteiger partial charge on any atom is -0.456 e. The second-order valence-electron chi connectivity index (χ2n) is 9.26. The molecule has 144 valence electrons. The molecule has 1 N–H and O–H groups in total. The zero-order valence-corrected chi connectivity index (χ0v) is 17.0. The van der Waals surface area contributed by atoms with Crippen LogP contribution in [0.4, 0.5) is 0 Å². The normalized spacial score (nSPS) is 15.9. The number of ether oxygens (including phenoxy) is 1. The number of H-pyrrole nitrogens is 1. The molecule has 0 atom stereocenters. The number of carbonyl (C=O) groups excluding carboxylic acids is 1. The van der Waals surface area contributed by atoms with Crippen LogP contribution in [-0.2, 0) is 4.74 Å². The summed E-state index contributed by atoms with van der Waals surface area (Å²) in [5.74, 6) is -0.261. The van der Waals surface area contributed by atoms with E-state index in [1.54, 1.807) is 5.57 Å². The van der Waals surface area contributed by atoms with Crippen molar-refractivity contribution in [2.75, 3.05) is 0 Å². The van der Waals surface area contributed by atoms with Gasteiger partial charge in [-0.15, -0.1) is 0 Å². The Morgan fingerprint density at radius 2 is 2.00 bits per heavy atom. The van der Waals surface area contributed by atoms with Gasteiger partial charge in [0, 0.05) is 27.0 Å². The van der Waals surface area contributed by atoms with E-state index in [2.05, 4.69) is 35.3 Å². The third kappa shape index (κ3) is 2.33. The lowest BCUT2D eigenvalue weighted by molar-refractivity contribution is 0.00704. The van der Waals surface area contributed by atoms with Gasteiger partial charge >= 0.3 is 5.97 Å². The monoisotopic (exact) mass is 381 g/mol. The third-order valence-electron chi connectivity index (χ3n) is 6.18. The Bertz CT molecular complexity index is 1490. The molecule has 1 heterocycles. The average Bonchev–Trinajstić information content (AvgIpc) is 3.23. The summed E-state index contributed by atoms with van der Waals surface area (Å²) in [5, 5.41) is 6.57. The van der Waals surface area contributed by atoms with Crippen LogP contribution in [0.15, 0.2) is 24.3 Å². The van der Waals surface area contributed by atoms with E-state index in [-0.39, 0.29) is 5.97 Å². The smallest absolute Gasteiger partial charge is 0.339 e. The van der Waals surface area contributed by atoms with Crippen molar-refractivity contribution in [3.8, 4) is 11.1 Å². The van der Waals surface area contributed by atoms with Crippen LogP contribution in [0.5, 0.6) is 0 Å². The zero-order chi connectivity index (χ0) is 19.9. The van der Waals surface area contributed by atoms with E-state index >= 15 is 0 Å². The number of aromatic amines is 1. The average molecular weight is 381 g/mol. The fourth-order valence-electron chi connectivity index (χ4n) is 5.12. The van der Waals surface area contributed by atoms with Crippen molar-refractivity contribution < 1.29 is 9.53 Å². The van der Waals surface area contributed by atoms with Gasteiger partial charge in [0.1, 0.15) is 5.60 Å². The van der Waals surface area contributed by atoms with E-state index in [9.17, 15) is 4.79 Å². The Morgan fingerprint density at radius 1 is 1.14 bits per heavy atom. The molecule has 0 spiro atoms. The molecular weight excluding hydrogens is 358 g/mol. The number of nitrogens with one attached hydrogen (secondary N) is 1. The van der Waals surface area contributed by atoms with E-state index in [0.717, 1.165) is 41.5 Å². The molecule has 2 aromatic carbocycles. The largest absolute Gasteiger partial charge is 0.456 e. The highest BCUT2D eigenvalue weighted by atomic mass is 16.6. The highest BCUT2D eigenvalue weighted by Gasteiger charge is 2.26. The molecule has 0 amide bonds. The van der Waals surface area contributed by atoms with E-state index in [1.807, 2.05) is 32.9 Å². The van der Waals surface area contributed by atoms with Gasteiger partial charge in [-0.3, -0.25) is 0 Å². The van der Waals surface area contributed by atoms with Gasteiger partial charge in [0.05, 0.1) is 5.56 Å². The van der Waals surface area contributed by atoms with Crippen LogP contribution in [0, 0.1) is 0 Å². The summed E-state index contributed by atoms with van der Waals surface area (Å²) in [5.41, 5.74) is 6.05. The molecule has 0 aliphatic heterocycles. The molecule has 3 aliphatic carbocycles. The highest BCUT2D eigenvalue weighted by Crippen LogP contribution is 2.32. The third-order valence-corrected chi connectivity index (χ3v) is 6.18. The minimum atomic E-state index is -0.519. The maximum atomic E-state index is 13.0. The van der Waals surface area contributed by atoms with Gasteiger partial charge in [-0.1, -0.05) is 29.9 Å². The zero-order valence-electron chi connectivity index (χ0n) is 17.0. The van der Waals surface area contributed by atoms with Crippen molar-refractivity contribution in [3.63, 3.8) is 0 Å². The number of benzene rings is 2. The van der Waals surface area contributed by atoms with Gasteiger partial charge in [-0.2, -0.15) is 0 Å². The first-order valence-corrected chi connectivity index (χ1v) is 10.4. The predicted octanol–water partition coefficient (Wildman–Crippen LogP) is 2.84. The second-order valence-corrected chi connectivity index (χ2v) is 9.26. The topological polar surface area (TPSA) is 42.1 Å². The molecular formula is C26H23NO2. The van der Waals surface area contributed by atoms with Gasteiger partial charge in [-0.05, 0) is 79.8 Å². The molecule has 3 aromatic rings. The van der Waals surface area contributed by atoms with Crippen LogP contribution >= 0.6 is 0 Å². The Balaban J connectivity index is 1.67. The van der Waals surface area contributed by atoms with Gasteiger partial charge in [0.2, 0.25) is 0 Å². The lowest BCUT2D eigenvalue weighted by Crippen LogP contribution is -2.36. The second kappa shape index (κ2) is 5.50. The molecule has 0 radical (unpaired) electrons. The lowest BCUT2D eigenvalue weighted by atomic mass is 9.91. The fraction of sp³-hybridized carbons (Fsp3) is 0.269. The van der Waals surface area contributed by atoms with Gasteiger partial charge in [0.25, 0.3) is 0 Å². The lowest BCUT2D eigenvalue weighted by Gasteiger charge is -2.20. The number of hydrogen-bond donors (Lipinski definition) is 1. The van der Waals surface area contributed by atoms with E-state index < -0.39 is 5.60 Å². The Kier molecular flexibility index (Phi) is 3.20. The maximum Gasteiger partial charge on any atom is 0.339 e. The molecule has 0 fully saturated rings. The van der Waals surface area contributed by atoms with Crippen molar-refractivity contribution >= 4 is 40.7 Å². The van der Waals surface area contributed by atoms with Crippen molar-refractivity contribution in [1.82, 2.24) is 4.98 Å². The van der Waals surface area contributed by atoms with Crippen molar-refractivity contribution in [2.24, 2.45) is 0 Å². The number of esters is 1. The first-order chi connectivity index (χ1) is 13.9. The predicted molar refractivity (Wildman–Crippen MR) is 117 cm³/mol. The summed E-state index contributed by atoms with van der Waals surface area (Å²) in [7, 11) is 0. The summed E-state index contributed by atoms with van der Waals surface area (Å²) < 4.78 is 5.71. The molecule has 3 nitrogen and oxygen atoms in total. The molecule has 0 saturated heterocycles. The number of carbonyl (C=O) groups is 1. The first-order valence-electron chi connectivity index (χ1n) is 10.4. The summed E-state index contributed by atoms with van der Waals surface area (Å²) in [4.78, 5) is 16.6. The highest BCUT2D eigenvalue weighted by molar-refractivity contribution is 6.04. The Labute approximate surface area is 168 Å². The van der Waals surface area contributed by atoms with Crippen LogP contribution in [0.3, 0.4) is 0 Å². The van der Waals surface area contributed by atoms with Crippen molar-refractivity contribution in [1.29, 1.82) is 0 Å². The van der Waals surface area contributed by atoms with Gasteiger partial charge in [-0.25, -0.2) is 4.79 Å². The summed E-state index contributed by atoms with van der Waals surface area (Å²) >= 11 is 0. The summed E-state index contributed by atoms with van der Waals surface area (Å²) in [6, 6.07) is 8.15. The van der Waals surface area contributed by atoms with E-state index in [4.69, 9.17) is 4.74 Å². The van der Waals surface area contributed by atoms with Crippen LogP contribution in [0.2, 0.25) is 0 Å². The van der Waals surface area contributed by atoms with Crippen LogP contribution in [-0.4, -0.2) is 16.6 Å². The van der Waals surface area contributed by atoms with Crippen LogP contribution < -0.4 is 21.0 Å². The first kappa shape index (κ1) is 16.8. The molecule has 1 aromatic heterocycles. The Morgan fingerprint density at radius 3 is 2.83 bits per heavy atom. The minimum absolute atomic E-state index is 0.261. The molecule has 29 heavy (non-hydrogen) atoms. The summed E-state index contributed by atoms with van der Waals surface area (Å²) in [6.07, 6.45) is 10.2. The molecule has 0 saturated carbocycles. The SMILES string of the molecule is CC(C)(C)OC(=O)c1cccc2c1-c1cc3[nH]c4c5c3c(c1=C2)=CCC=5CCC=4. The standard InChI is InChI=1S/C26H23NO2/c1-26(2,3)29-25(28)17-8-4-7-15-12-18-16-11-10-14-6-5-9-20-23(14)24(16)21(27-20)13-19(18)22(15)17/h4,7-9,11-13,27H,5-6,10H2,1-3H3. The Hall–Kier alpha value is -3.07. The van der Waals surface area contributed by atoms with E-state index in [0.29, 0.717) is 5.56 Å². The molecule has 6 rings (SSSR count). The molecule has 3 heteroatoms. The number of rotatable bonds is 1. The number of hydrogen-bond acceptors (Lipinski definition) is 2. The summed E-state index contributed by atoms with van der Waals surface area (Å²) in [6.45, 7) is 5.72. The van der Waals surface area contributed by atoms with Crippen molar-refractivity contribution in [3.05, 3.63) is 56.4 Å². The molecule has 3 aliphatic rings. The van der Waals surface area contributed by atoms with Gasteiger partial charge < -0.3 is 9.72 Å². The molecule has 0 bridgehead atoms. The fourth-order valence-corrected chi connectivity index (χ4v) is 5.12. The molecule has 0 unspecified atom stereocenters. The maximum absolute atomic E-state index is 13.0. The number of aromatic nitrogens is 1.